The molecule has 5 heteroatoms. The second-order valence-corrected chi connectivity index (χ2v) is 4.32. The largest absolute Gasteiger partial charge is 0.490 e. The number of carboxylic acids is 1. The van der Waals surface area contributed by atoms with Crippen LogP contribution >= 0.6 is 0 Å². The Bertz CT molecular complexity index is 587. The SMILES string of the molecule is O=C(O)c1cc(-c2cccc(OC3CC3)c2)n[nH]1. The minimum absolute atomic E-state index is 0.0820. The van der Waals surface area contributed by atoms with Crippen molar-refractivity contribution >= 4 is 5.97 Å². The molecule has 2 aromatic rings. The monoisotopic (exact) mass is 244 g/mol. The van der Waals surface area contributed by atoms with Crippen LogP contribution in [0.4, 0.5) is 0 Å². The molecule has 18 heavy (non-hydrogen) atoms. The number of rotatable bonds is 4. The summed E-state index contributed by atoms with van der Waals surface area (Å²) in [5.74, 6) is -0.214. The highest BCUT2D eigenvalue weighted by Crippen LogP contribution is 2.29. The van der Waals surface area contributed by atoms with E-state index in [1.54, 1.807) is 0 Å². The molecule has 0 saturated heterocycles. The fourth-order valence-electron chi connectivity index (χ4n) is 1.69. The highest BCUT2D eigenvalue weighted by atomic mass is 16.5. The molecule has 0 atom stereocenters. The Morgan fingerprint density at radius 2 is 2.22 bits per heavy atom. The number of hydrogen-bond donors (Lipinski definition) is 2. The van der Waals surface area contributed by atoms with Crippen LogP contribution in [0.1, 0.15) is 23.3 Å². The zero-order valence-corrected chi connectivity index (χ0v) is 9.59. The van der Waals surface area contributed by atoms with Crippen LogP contribution in [0, 0.1) is 0 Å². The maximum absolute atomic E-state index is 10.8. The van der Waals surface area contributed by atoms with Gasteiger partial charge in [-0.15, -0.1) is 0 Å². The second-order valence-electron chi connectivity index (χ2n) is 4.32. The average molecular weight is 244 g/mol. The first-order valence-electron chi connectivity index (χ1n) is 5.78. The van der Waals surface area contributed by atoms with Crippen molar-refractivity contribution < 1.29 is 14.6 Å². The number of hydrogen-bond acceptors (Lipinski definition) is 3. The van der Waals surface area contributed by atoms with Crippen LogP contribution in [0.15, 0.2) is 30.3 Å². The summed E-state index contributed by atoms with van der Waals surface area (Å²) in [6.07, 6.45) is 2.56. The van der Waals surface area contributed by atoms with E-state index < -0.39 is 5.97 Å². The standard InChI is InChI=1S/C13H12N2O3/c16-13(17)12-7-11(14-15-12)8-2-1-3-10(6-8)18-9-4-5-9/h1-3,6-7,9H,4-5H2,(H,14,15)(H,16,17). The first-order chi connectivity index (χ1) is 8.72. The van der Waals surface area contributed by atoms with Crippen LogP contribution in [0.25, 0.3) is 11.3 Å². The van der Waals surface area contributed by atoms with E-state index >= 15 is 0 Å². The number of nitrogens with zero attached hydrogens (tertiary/aromatic N) is 1. The van der Waals surface area contributed by atoms with E-state index in [4.69, 9.17) is 9.84 Å². The highest BCUT2D eigenvalue weighted by molar-refractivity contribution is 5.86. The molecule has 92 valence electrons. The van der Waals surface area contributed by atoms with Gasteiger partial charge in [-0.05, 0) is 31.0 Å². The molecule has 1 saturated carbocycles. The Balaban J connectivity index is 1.87. The minimum Gasteiger partial charge on any atom is -0.490 e. The van der Waals surface area contributed by atoms with Gasteiger partial charge in [0.25, 0.3) is 0 Å². The lowest BCUT2D eigenvalue weighted by Gasteiger charge is -2.05. The Kier molecular flexibility index (Phi) is 2.51. The Morgan fingerprint density at radius 3 is 2.89 bits per heavy atom. The molecule has 0 aliphatic heterocycles. The molecular weight excluding hydrogens is 232 g/mol. The van der Waals surface area contributed by atoms with Gasteiger partial charge in [0.1, 0.15) is 11.4 Å². The number of aromatic carboxylic acids is 1. The van der Waals surface area contributed by atoms with Crippen LogP contribution in [0.2, 0.25) is 0 Å². The summed E-state index contributed by atoms with van der Waals surface area (Å²) in [6.45, 7) is 0. The molecule has 1 heterocycles. The van der Waals surface area contributed by atoms with E-state index in [0.717, 1.165) is 24.2 Å². The third-order valence-corrected chi connectivity index (χ3v) is 2.77. The van der Waals surface area contributed by atoms with Gasteiger partial charge < -0.3 is 9.84 Å². The summed E-state index contributed by atoms with van der Waals surface area (Å²) in [5, 5.41) is 15.3. The Morgan fingerprint density at radius 1 is 1.39 bits per heavy atom. The number of benzene rings is 1. The molecule has 0 spiro atoms. The van der Waals surface area contributed by atoms with Crippen molar-refractivity contribution in [3.63, 3.8) is 0 Å². The molecule has 1 aliphatic carbocycles. The number of aromatic nitrogens is 2. The second kappa shape index (κ2) is 4.18. The number of aromatic amines is 1. The lowest BCUT2D eigenvalue weighted by Crippen LogP contribution is -1.95. The van der Waals surface area contributed by atoms with Gasteiger partial charge >= 0.3 is 5.97 Å². The lowest BCUT2D eigenvalue weighted by molar-refractivity contribution is 0.0690. The third kappa shape index (κ3) is 2.20. The van der Waals surface area contributed by atoms with Crippen molar-refractivity contribution in [2.75, 3.05) is 0 Å². The summed E-state index contributed by atoms with van der Waals surface area (Å²) < 4.78 is 5.69. The molecule has 0 bridgehead atoms. The van der Waals surface area contributed by atoms with E-state index in [1.165, 1.54) is 6.07 Å². The highest BCUT2D eigenvalue weighted by Gasteiger charge is 2.23. The number of ether oxygens (including phenoxy) is 1. The molecule has 1 fully saturated rings. The van der Waals surface area contributed by atoms with E-state index in [9.17, 15) is 4.79 Å². The van der Waals surface area contributed by atoms with Crippen molar-refractivity contribution in [1.82, 2.24) is 10.2 Å². The summed E-state index contributed by atoms with van der Waals surface area (Å²) in [6, 6.07) is 9.04. The van der Waals surface area contributed by atoms with Crippen molar-refractivity contribution in [3.05, 3.63) is 36.0 Å². The summed E-state index contributed by atoms with van der Waals surface area (Å²) >= 11 is 0. The molecule has 1 aliphatic rings. The molecule has 1 aromatic heterocycles. The molecular formula is C13H12N2O3. The van der Waals surface area contributed by atoms with Crippen LogP contribution in [0.3, 0.4) is 0 Å². The number of H-pyrrole nitrogens is 1. The first kappa shape index (κ1) is 10.8. The van der Waals surface area contributed by atoms with E-state index in [1.807, 2.05) is 24.3 Å². The molecule has 0 amide bonds. The lowest BCUT2D eigenvalue weighted by atomic mass is 10.1. The molecule has 5 nitrogen and oxygen atoms in total. The van der Waals surface area contributed by atoms with E-state index in [2.05, 4.69) is 10.2 Å². The fourth-order valence-corrected chi connectivity index (χ4v) is 1.69. The van der Waals surface area contributed by atoms with Gasteiger partial charge in [0.15, 0.2) is 0 Å². The summed E-state index contributed by atoms with van der Waals surface area (Å²) in [7, 11) is 0. The smallest absolute Gasteiger partial charge is 0.353 e. The number of carbonyl (C=O) groups is 1. The number of carboxylic acid groups (broad SMARTS) is 1. The fraction of sp³-hybridized carbons (Fsp3) is 0.231. The van der Waals surface area contributed by atoms with Crippen LogP contribution < -0.4 is 4.74 Å². The van der Waals surface area contributed by atoms with Crippen molar-refractivity contribution in [2.24, 2.45) is 0 Å². The predicted molar refractivity (Wildman–Crippen MR) is 64.6 cm³/mol. The van der Waals surface area contributed by atoms with Gasteiger partial charge in [-0.25, -0.2) is 4.79 Å². The van der Waals surface area contributed by atoms with Gasteiger partial charge in [0.2, 0.25) is 0 Å². The zero-order chi connectivity index (χ0) is 12.5. The van der Waals surface area contributed by atoms with Crippen molar-refractivity contribution in [2.45, 2.75) is 18.9 Å². The molecule has 0 radical (unpaired) electrons. The van der Waals surface area contributed by atoms with Gasteiger partial charge in [0, 0.05) is 5.56 Å². The molecule has 3 rings (SSSR count). The zero-order valence-electron chi connectivity index (χ0n) is 9.59. The Hall–Kier alpha value is -2.30. The van der Waals surface area contributed by atoms with Gasteiger partial charge in [-0.3, -0.25) is 5.10 Å². The molecule has 1 aromatic carbocycles. The van der Waals surface area contributed by atoms with Crippen molar-refractivity contribution in [3.8, 4) is 17.0 Å². The van der Waals surface area contributed by atoms with Gasteiger partial charge in [-0.2, -0.15) is 5.10 Å². The first-order valence-corrected chi connectivity index (χ1v) is 5.78. The van der Waals surface area contributed by atoms with Crippen LogP contribution in [-0.2, 0) is 0 Å². The molecule has 2 N–H and O–H groups in total. The van der Waals surface area contributed by atoms with Crippen molar-refractivity contribution in [1.29, 1.82) is 0 Å². The van der Waals surface area contributed by atoms with E-state index in [-0.39, 0.29) is 5.69 Å². The van der Waals surface area contributed by atoms with Crippen LogP contribution in [-0.4, -0.2) is 27.4 Å². The average Bonchev–Trinajstić information content (AvgIpc) is 3.03. The molecule has 0 unspecified atom stereocenters. The van der Waals surface area contributed by atoms with Gasteiger partial charge in [0.05, 0.1) is 11.8 Å². The third-order valence-electron chi connectivity index (χ3n) is 2.77. The summed E-state index contributed by atoms with van der Waals surface area (Å²) in [4.78, 5) is 10.8. The minimum atomic E-state index is -1.01. The predicted octanol–water partition coefficient (Wildman–Crippen LogP) is 2.32. The number of nitrogens with one attached hydrogen (secondary N) is 1. The summed E-state index contributed by atoms with van der Waals surface area (Å²) in [5.41, 5.74) is 1.53. The topological polar surface area (TPSA) is 75.2 Å². The normalized spacial score (nSPS) is 14.4. The quantitative estimate of drug-likeness (QED) is 0.865. The Labute approximate surface area is 103 Å². The van der Waals surface area contributed by atoms with E-state index in [0.29, 0.717) is 11.8 Å². The van der Waals surface area contributed by atoms with Crippen LogP contribution in [0.5, 0.6) is 5.75 Å². The van der Waals surface area contributed by atoms with Gasteiger partial charge in [-0.1, -0.05) is 12.1 Å². The maximum Gasteiger partial charge on any atom is 0.353 e. The maximum atomic E-state index is 10.8.